The second-order valence-corrected chi connectivity index (χ2v) is 5.60. The van der Waals surface area contributed by atoms with E-state index in [0.717, 1.165) is 37.2 Å². The van der Waals surface area contributed by atoms with Crippen molar-refractivity contribution in [3.8, 4) is 0 Å². The van der Waals surface area contributed by atoms with Gasteiger partial charge in [0, 0.05) is 30.3 Å². The monoisotopic (exact) mass is 278 g/mol. The first kappa shape index (κ1) is 14.3. The summed E-state index contributed by atoms with van der Waals surface area (Å²) in [6.45, 7) is 6.01. The van der Waals surface area contributed by atoms with Gasteiger partial charge in [0.1, 0.15) is 4.99 Å². The number of nitrogens with two attached hydrogens (primary N) is 1. The van der Waals surface area contributed by atoms with E-state index in [-0.39, 0.29) is 0 Å². The van der Waals surface area contributed by atoms with Crippen molar-refractivity contribution in [2.45, 2.75) is 32.8 Å². The molecule has 0 radical (unpaired) electrons. The number of hydrogen-bond acceptors (Lipinski definition) is 3. The van der Waals surface area contributed by atoms with Gasteiger partial charge in [0.2, 0.25) is 0 Å². The van der Waals surface area contributed by atoms with E-state index < -0.39 is 0 Å². The lowest BCUT2D eigenvalue weighted by Crippen LogP contribution is -2.24. The van der Waals surface area contributed by atoms with Crippen LogP contribution in [0.3, 0.4) is 0 Å². The molecule has 1 aliphatic heterocycles. The Kier molecular flexibility index (Phi) is 4.77. The Morgan fingerprint density at radius 1 is 1.53 bits per heavy atom. The molecule has 0 saturated carbocycles. The van der Waals surface area contributed by atoms with Crippen LogP contribution in [0.25, 0.3) is 0 Å². The lowest BCUT2D eigenvalue weighted by Gasteiger charge is -2.19. The molecule has 104 valence electrons. The molecule has 1 aromatic rings. The zero-order valence-electron chi connectivity index (χ0n) is 11.6. The smallest absolute Gasteiger partial charge is 0.106 e. The Bertz CT molecular complexity index is 461. The SMILES string of the molecule is CCC1OCCC1CNc1ccc(C)cc1C(N)=S. The fraction of sp³-hybridized carbons (Fsp3) is 0.533. The number of aryl methyl sites for hydroxylation is 1. The van der Waals surface area contributed by atoms with Crippen LogP contribution in [0.15, 0.2) is 18.2 Å². The first-order chi connectivity index (χ1) is 9.11. The summed E-state index contributed by atoms with van der Waals surface area (Å²) < 4.78 is 5.71. The zero-order valence-corrected chi connectivity index (χ0v) is 12.4. The molecule has 1 heterocycles. The molecule has 0 amide bonds. The molecule has 1 aliphatic rings. The molecule has 0 bridgehead atoms. The van der Waals surface area contributed by atoms with Crippen molar-refractivity contribution in [2.75, 3.05) is 18.5 Å². The van der Waals surface area contributed by atoms with Gasteiger partial charge in [-0.15, -0.1) is 0 Å². The number of hydrogen-bond donors (Lipinski definition) is 2. The lowest BCUT2D eigenvalue weighted by molar-refractivity contribution is 0.0900. The molecule has 0 spiro atoms. The van der Waals surface area contributed by atoms with Crippen LogP contribution < -0.4 is 11.1 Å². The molecule has 0 aromatic heterocycles. The van der Waals surface area contributed by atoms with E-state index in [2.05, 4.69) is 24.4 Å². The van der Waals surface area contributed by atoms with Crippen LogP contribution in [0.1, 0.15) is 30.9 Å². The maximum Gasteiger partial charge on any atom is 0.106 e. The molecule has 4 heteroatoms. The van der Waals surface area contributed by atoms with Crippen molar-refractivity contribution in [2.24, 2.45) is 11.7 Å². The normalized spacial score (nSPS) is 22.4. The minimum atomic E-state index is 0.381. The van der Waals surface area contributed by atoms with Crippen LogP contribution in [0.5, 0.6) is 0 Å². The van der Waals surface area contributed by atoms with Crippen LogP contribution in [0, 0.1) is 12.8 Å². The van der Waals surface area contributed by atoms with E-state index >= 15 is 0 Å². The Hall–Kier alpha value is -1.13. The van der Waals surface area contributed by atoms with Gasteiger partial charge in [-0.25, -0.2) is 0 Å². The first-order valence-electron chi connectivity index (χ1n) is 6.87. The van der Waals surface area contributed by atoms with Crippen molar-refractivity contribution in [1.82, 2.24) is 0 Å². The van der Waals surface area contributed by atoms with Crippen LogP contribution >= 0.6 is 12.2 Å². The summed E-state index contributed by atoms with van der Waals surface area (Å²) >= 11 is 5.12. The maximum absolute atomic E-state index is 5.79. The van der Waals surface area contributed by atoms with Crippen molar-refractivity contribution in [3.63, 3.8) is 0 Å². The van der Waals surface area contributed by atoms with E-state index in [1.807, 2.05) is 13.0 Å². The van der Waals surface area contributed by atoms with E-state index in [1.165, 1.54) is 5.56 Å². The standard InChI is InChI=1S/C15H22N2OS/c1-3-14-11(6-7-18-14)9-17-13-5-4-10(2)8-12(13)15(16)19/h4-5,8,11,14,17H,3,6-7,9H2,1-2H3,(H2,16,19). The predicted molar refractivity (Wildman–Crippen MR) is 83.7 cm³/mol. The molecule has 0 aliphatic carbocycles. The number of anilines is 1. The van der Waals surface area contributed by atoms with Gasteiger partial charge < -0.3 is 15.8 Å². The average molecular weight is 278 g/mol. The highest BCUT2D eigenvalue weighted by Crippen LogP contribution is 2.25. The van der Waals surface area contributed by atoms with Crippen molar-refractivity contribution in [3.05, 3.63) is 29.3 Å². The van der Waals surface area contributed by atoms with E-state index in [4.69, 9.17) is 22.7 Å². The van der Waals surface area contributed by atoms with Crippen LogP contribution in [0.4, 0.5) is 5.69 Å². The molecule has 2 unspecified atom stereocenters. The summed E-state index contributed by atoms with van der Waals surface area (Å²) in [5.74, 6) is 0.575. The third-order valence-corrected chi connectivity index (χ3v) is 3.96. The summed E-state index contributed by atoms with van der Waals surface area (Å²) in [5, 5.41) is 3.48. The van der Waals surface area contributed by atoms with Gasteiger partial charge in [-0.05, 0) is 31.9 Å². The Morgan fingerprint density at radius 2 is 2.32 bits per heavy atom. The predicted octanol–water partition coefficient (Wildman–Crippen LogP) is 2.86. The van der Waals surface area contributed by atoms with Crippen LogP contribution in [-0.4, -0.2) is 24.2 Å². The second kappa shape index (κ2) is 6.35. The fourth-order valence-electron chi connectivity index (χ4n) is 2.63. The highest BCUT2D eigenvalue weighted by molar-refractivity contribution is 7.80. The van der Waals surface area contributed by atoms with E-state index in [1.54, 1.807) is 0 Å². The maximum atomic E-state index is 5.79. The second-order valence-electron chi connectivity index (χ2n) is 5.16. The average Bonchev–Trinajstić information content (AvgIpc) is 2.84. The molecule has 19 heavy (non-hydrogen) atoms. The summed E-state index contributed by atoms with van der Waals surface area (Å²) in [7, 11) is 0. The van der Waals surface area contributed by atoms with Gasteiger partial charge in [0.15, 0.2) is 0 Å². The Labute approximate surface area is 120 Å². The van der Waals surface area contributed by atoms with Crippen LogP contribution in [0.2, 0.25) is 0 Å². The molecule has 2 atom stereocenters. The van der Waals surface area contributed by atoms with Crippen molar-refractivity contribution in [1.29, 1.82) is 0 Å². The number of thiocarbonyl (C=S) groups is 1. The fourth-order valence-corrected chi connectivity index (χ4v) is 2.80. The molecule has 3 nitrogen and oxygen atoms in total. The largest absolute Gasteiger partial charge is 0.389 e. The minimum Gasteiger partial charge on any atom is -0.389 e. The molecular formula is C15H22N2OS. The quantitative estimate of drug-likeness (QED) is 0.813. The summed E-state index contributed by atoms with van der Waals surface area (Å²) in [4.78, 5) is 0.445. The van der Waals surface area contributed by atoms with Gasteiger partial charge in [0.05, 0.1) is 6.10 Å². The van der Waals surface area contributed by atoms with E-state index in [9.17, 15) is 0 Å². The number of ether oxygens (including phenoxy) is 1. The zero-order chi connectivity index (χ0) is 13.8. The summed E-state index contributed by atoms with van der Waals surface area (Å²) in [6.07, 6.45) is 2.58. The first-order valence-corrected chi connectivity index (χ1v) is 7.28. The topological polar surface area (TPSA) is 47.3 Å². The van der Waals surface area contributed by atoms with E-state index in [0.29, 0.717) is 17.0 Å². The van der Waals surface area contributed by atoms with Crippen molar-refractivity contribution >= 4 is 22.9 Å². The number of nitrogens with one attached hydrogen (secondary N) is 1. The molecular weight excluding hydrogens is 256 g/mol. The van der Waals surface area contributed by atoms with Gasteiger partial charge in [0.25, 0.3) is 0 Å². The number of rotatable bonds is 5. The molecule has 2 rings (SSSR count). The molecule has 1 fully saturated rings. The number of benzene rings is 1. The Balaban J connectivity index is 2.05. The molecule has 1 saturated heterocycles. The highest BCUT2D eigenvalue weighted by atomic mass is 32.1. The molecule has 3 N–H and O–H groups in total. The summed E-state index contributed by atoms with van der Waals surface area (Å²) in [6, 6.07) is 6.17. The Morgan fingerprint density at radius 3 is 3.00 bits per heavy atom. The van der Waals surface area contributed by atoms with Gasteiger partial charge in [-0.1, -0.05) is 30.8 Å². The van der Waals surface area contributed by atoms with Gasteiger partial charge in [-0.3, -0.25) is 0 Å². The highest BCUT2D eigenvalue weighted by Gasteiger charge is 2.26. The lowest BCUT2D eigenvalue weighted by atomic mass is 9.99. The molecule has 1 aromatic carbocycles. The minimum absolute atomic E-state index is 0.381. The van der Waals surface area contributed by atoms with Crippen LogP contribution in [-0.2, 0) is 4.74 Å². The third-order valence-electron chi connectivity index (χ3n) is 3.74. The van der Waals surface area contributed by atoms with Gasteiger partial charge >= 0.3 is 0 Å². The van der Waals surface area contributed by atoms with Crippen molar-refractivity contribution < 1.29 is 4.74 Å². The third kappa shape index (κ3) is 3.45. The van der Waals surface area contributed by atoms with Gasteiger partial charge in [-0.2, -0.15) is 0 Å². The summed E-state index contributed by atoms with van der Waals surface area (Å²) in [5.41, 5.74) is 8.92.